The highest BCUT2D eigenvalue weighted by Gasteiger charge is 2.14. The summed E-state index contributed by atoms with van der Waals surface area (Å²) in [6.07, 6.45) is 0.578. The Morgan fingerprint density at radius 3 is 2.89 bits per heavy atom. The molecule has 98 valence electrons. The Hall–Kier alpha value is -1.46. The van der Waals surface area contributed by atoms with Gasteiger partial charge < -0.3 is 15.0 Å². The quantitative estimate of drug-likeness (QED) is 0.880. The highest BCUT2D eigenvalue weighted by atomic mass is 19.1. The Balaban J connectivity index is 2.44. The molecule has 1 atom stereocenters. The molecule has 0 aliphatic heterocycles. The maximum atomic E-state index is 13.3. The monoisotopic (exact) mass is 251 g/mol. The number of benzene rings is 1. The number of nitrogens with two attached hydrogens (primary N) is 1. The van der Waals surface area contributed by atoms with Crippen molar-refractivity contribution in [2.24, 2.45) is 5.73 Å². The summed E-state index contributed by atoms with van der Waals surface area (Å²) < 4.78 is 20.5. The van der Waals surface area contributed by atoms with Crippen LogP contribution in [0.5, 0.6) is 0 Å². The van der Waals surface area contributed by atoms with Gasteiger partial charge in [-0.2, -0.15) is 0 Å². The maximum Gasteiger partial charge on any atom is 0.125 e. The molecule has 1 unspecified atom stereocenters. The Bertz CT molecular complexity index is 534. The Labute approximate surface area is 106 Å². The highest BCUT2D eigenvalue weighted by molar-refractivity contribution is 5.76. The molecule has 0 aliphatic carbocycles. The number of aryl methyl sites for hydroxylation is 1. The van der Waals surface area contributed by atoms with E-state index in [4.69, 9.17) is 10.5 Å². The number of ether oxygens (including phenoxy) is 1. The molecule has 0 saturated carbocycles. The van der Waals surface area contributed by atoms with Crippen molar-refractivity contribution in [1.82, 2.24) is 9.55 Å². The van der Waals surface area contributed by atoms with Crippen LogP contribution in [-0.4, -0.2) is 29.3 Å². The van der Waals surface area contributed by atoms with Gasteiger partial charge in [-0.15, -0.1) is 0 Å². The van der Waals surface area contributed by atoms with Crippen LogP contribution in [0.25, 0.3) is 11.0 Å². The first-order chi connectivity index (χ1) is 8.69. The lowest BCUT2D eigenvalue weighted by Crippen LogP contribution is -2.26. The number of methoxy groups -OCH3 is 1. The van der Waals surface area contributed by atoms with Gasteiger partial charge in [-0.3, -0.25) is 0 Å². The fraction of sp³-hybridized carbons (Fsp3) is 0.462. The number of nitrogens with zero attached hydrogens (tertiary/aromatic N) is 2. The van der Waals surface area contributed by atoms with Crippen LogP contribution < -0.4 is 5.73 Å². The summed E-state index contributed by atoms with van der Waals surface area (Å²) >= 11 is 0. The molecule has 0 bridgehead atoms. The Morgan fingerprint density at radius 2 is 2.28 bits per heavy atom. The van der Waals surface area contributed by atoms with Gasteiger partial charge in [0.2, 0.25) is 0 Å². The average Bonchev–Trinajstić information content (AvgIpc) is 2.72. The lowest BCUT2D eigenvalue weighted by atomic mass is 10.2. The molecule has 1 aromatic carbocycles. The van der Waals surface area contributed by atoms with E-state index in [9.17, 15) is 4.39 Å². The molecule has 0 aliphatic rings. The van der Waals surface area contributed by atoms with Crippen LogP contribution in [-0.2, 0) is 17.7 Å². The van der Waals surface area contributed by atoms with Gasteiger partial charge in [-0.05, 0) is 25.1 Å². The van der Waals surface area contributed by atoms with Crippen molar-refractivity contribution in [1.29, 1.82) is 0 Å². The van der Waals surface area contributed by atoms with Gasteiger partial charge in [0.05, 0.1) is 17.1 Å². The van der Waals surface area contributed by atoms with Gasteiger partial charge in [0.25, 0.3) is 0 Å². The first-order valence-corrected chi connectivity index (χ1v) is 6.07. The van der Waals surface area contributed by atoms with Crippen molar-refractivity contribution in [2.75, 3.05) is 13.7 Å². The van der Waals surface area contributed by atoms with E-state index in [1.54, 1.807) is 13.2 Å². The molecule has 2 N–H and O–H groups in total. The molecule has 18 heavy (non-hydrogen) atoms. The molecular weight excluding hydrogens is 233 g/mol. The van der Waals surface area contributed by atoms with E-state index in [-0.39, 0.29) is 11.9 Å². The SMILES string of the molecule is CCn1c(CC(CN)OC)nc2ccc(F)cc21. The van der Waals surface area contributed by atoms with Crippen molar-refractivity contribution >= 4 is 11.0 Å². The third kappa shape index (κ3) is 2.37. The van der Waals surface area contributed by atoms with Crippen LogP contribution in [0.2, 0.25) is 0 Å². The normalized spacial score (nSPS) is 13.1. The largest absolute Gasteiger partial charge is 0.380 e. The van der Waals surface area contributed by atoms with Crippen LogP contribution >= 0.6 is 0 Å². The minimum absolute atomic E-state index is 0.0584. The smallest absolute Gasteiger partial charge is 0.125 e. The summed E-state index contributed by atoms with van der Waals surface area (Å²) in [5.41, 5.74) is 7.24. The minimum atomic E-state index is -0.245. The molecule has 4 nitrogen and oxygen atoms in total. The topological polar surface area (TPSA) is 53.1 Å². The van der Waals surface area contributed by atoms with E-state index in [0.29, 0.717) is 13.0 Å². The first-order valence-electron chi connectivity index (χ1n) is 6.07. The van der Waals surface area contributed by atoms with Gasteiger partial charge >= 0.3 is 0 Å². The van der Waals surface area contributed by atoms with Crippen LogP contribution in [0.15, 0.2) is 18.2 Å². The lowest BCUT2D eigenvalue weighted by Gasteiger charge is -2.13. The van der Waals surface area contributed by atoms with Gasteiger partial charge in [0.15, 0.2) is 0 Å². The van der Waals surface area contributed by atoms with E-state index in [2.05, 4.69) is 4.98 Å². The number of fused-ring (bicyclic) bond motifs is 1. The predicted octanol–water partition coefficient (Wildman–Crippen LogP) is 1.71. The van der Waals surface area contributed by atoms with Gasteiger partial charge in [0.1, 0.15) is 11.6 Å². The molecule has 0 amide bonds. The molecule has 1 aromatic heterocycles. The molecule has 0 fully saturated rings. The van der Waals surface area contributed by atoms with Crippen LogP contribution in [0.3, 0.4) is 0 Å². The van der Waals surface area contributed by atoms with E-state index >= 15 is 0 Å². The number of imidazole rings is 1. The Kier molecular flexibility index (Phi) is 3.93. The van der Waals surface area contributed by atoms with Crippen molar-refractivity contribution in [3.63, 3.8) is 0 Å². The molecule has 0 spiro atoms. The van der Waals surface area contributed by atoms with E-state index in [1.807, 2.05) is 11.5 Å². The van der Waals surface area contributed by atoms with E-state index in [0.717, 1.165) is 23.4 Å². The number of hydrogen-bond acceptors (Lipinski definition) is 3. The molecule has 2 aromatic rings. The van der Waals surface area contributed by atoms with Crippen molar-refractivity contribution < 1.29 is 9.13 Å². The molecule has 5 heteroatoms. The standard InChI is InChI=1S/C13H18FN3O/c1-3-17-12-6-9(14)4-5-11(12)16-13(17)7-10(8-15)18-2/h4-6,10H,3,7-8,15H2,1-2H3. The second-order valence-electron chi connectivity index (χ2n) is 4.20. The Morgan fingerprint density at radius 1 is 1.50 bits per heavy atom. The zero-order valence-corrected chi connectivity index (χ0v) is 10.7. The number of hydrogen-bond donors (Lipinski definition) is 1. The summed E-state index contributed by atoms with van der Waals surface area (Å²) in [7, 11) is 1.64. The minimum Gasteiger partial charge on any atom is -0.380 e. The van der Waals surface area contributed by atoms with Crippen LogP contribution in [0.1, 0.15) is 12.7 Å². The maximum absolute atomic E-state index is 13.3. The summed E-state index contributed by atoms with van der Waals surface area (Å²) in [5, 5.41) is 0. The highest BCUT2D eigenvalue weighted by Crippen LogP contribution is 2.18. The second kappa shape index (κ2) is 5.46. The summed E-state index contributed by atoms with van der Waals surface area (Å²) in [6.45, 7) is 3.20. The zero-order chi connectivity index (χ0) is 13.1. The van der Waals surface area contributed by atoms with Crippen molar-refractivity contribution in [3.05, 3.63) is 29.8 Å². The summed E-state index contributed by atoms with van der Waals surface area (Å²) in [4.78, 5) is 4.52. The summed E-state index contributed by atoms with van der Waals surface area (Å²) in [5.74, 6) is 0.640. The van der Waals surface area contributed by atoms with Crippen molar-refractivity contribution in [3.8, 4) is 0 Å². The predicted molar refractivity (Wildman–Crippen MR) is 68.9 cm³/mol. The number of rotatable bonds is 5. The molecule has 0 saturated heterocycles. The molecule has 2 rings (SSSR count). The van der Waals surface area contributed by atoms with E-state index < -0.39 is 0 Å². The van der Waals surface area contributed by atoms with Crippen LogP contribution in [0.4, 0.5) is 4.39 Å². The van der Waals surface area contributed by atoms with Gasteiger partial charge in [0, 0.05) is 26.6 Å². The fourth-order valence-corrected chi connectivity index (χ4v) is 2.12. The van der Waals surface area contributed by atoms with Gasteiger partial charge in [-0.1, -0.05) is 0 Å². The second-order valence-corrected chi connectivity index (χ2v) is 4.20. The summed E-state index contributed by atoms with van der Waals surface area (Å²) in [6, 6.07) is 4.64. The number of halogens is 1. The van der Waals surface area contributed by atoms with Crippen molar-refractivity contribution in [2.45, 2.75) is 26.0 Å². The molecule has 0 radical (unpaired) electrons. The van der Waals surface area contributed by atoms with E-state index in [1.165, 1.54) is 12.1 Å². The number of aromatic nitrogens is 2. The third-order valence-electron chi connectivity index (χ3n) is 3.11. The fourth-order valence-electron chi connectivity index (χ4n) is 2.12. The lowest BCUT2D eigenvalue weighted by molar-refractivity contribution is 0.107. The van der Waals surface area contributed by atoms with Crippen LogP contribution in [0, 0.1) is 5.82 Å². The molecular formula is C13H18FN3O. The molecule has 1 heterocycles. The third-order valence-corrected chi connectivity index (χ3v) is 3.11. The average molecular weight is 251 g/mol. The first kappa shape index (κ1) is 13.0. The zero-order valence-electron chi connectivity index (χ0n) is 10.7. The van der Waals surface area contributed by atoms with Gasteiger partial charge in [-0.25, -0.2) is 9.37 Å².